The van der Waals surface area contributed by atoms with Gasteiger partial charge in [-0.3, -0.25) is 10.1 Å². The molecular formula is C29H35N3O7S. The zero-order valence-corrected chi connectivity index (χ0v) is 23.4. The highest BCUT2D eigenvalue weighted by Crippen LogP contribution is 2.22. The molecule has 0 unspecified atom stereocenters. The van der Waals surface area contributed by atoms with Crippen LogP contribution in [0.4, 0.5) is 10.5 Å². The zero-order chi connectivity index (χ0) is 29.1. The van der Waals surface area contributed by atoms with E-state index in [1.165, 1.54) is 12.1 Å². The molecule has 3 aromatic rings. The van der Waals surface area contributed by atoms with E-state index >= 15 is 0 Å². The highest BCUT2D eigenvalue weighted by atomic mass is 32.2. The Bertz CT molecular complexity index is 1340. The van der Waals surface area contributed by atoms with Crippen molar-refractivity contribution in [3.05, 3.63) is 106 Å². The monoisotopic (exact) mass is 569 g/mol. The van der Waals surface area contributed by atoms with Gasteiger partial charge in [0.2, 0.25) is 10.0 Å². The Kier molecular flexibility index (Phi) is 11.2. The van der Waals surface area contributed by atoms with E-state index < -0.39 is 33.2 Å². The van der Waals surface area contributed by atoms with E-state index in [2.05, 4.69) is 5.32 Å². The van der Waals surface area contributed by atoms with Crippen LogP contribution in [-0.2, 0) is 27.8 Å². The number of nitro groups is 1. The molecule has 0 spiro atoms. The molecule has 40 heavy (non-hydrogen) atoms. The summed E-state index contributed by atoms with van der Waals surface area (Å²) in [7, 11) is -4.11. The summed E-state index contributed by atoms with van der Waals surface area (Å²) in [6.45, 7) is 3.76. The van der Waals surface area contributed by atoms with Gasteiger partial charge in [0.05, 0.1) is 22.0 Å². The average Bonchev–Trinajstić information content (AvgIpc) is 2.94. The minimum absolute atomic E-state index is 0.0376. The number of hydrogen-bond donors (Lipinski definition) is 2. The van der Waals surface area contributed by atoms with Crippen LogP contribution in [0.1, 0.15) is 31.4 Å². The van der Waals surface area contributed by atoms with Gasteiger partial charge in [0, 0.05) is 25.2 Å². The third-order valence-electron chi connectivity index (χ3n) is 6.31. The summed E-state index contributed by atoms with van der Waals surface area (Å²) in [4.78, 5) is 23.0. The summed E-state index contributed by atoms with van der Waals surface area (Å²) in [5, 5.41) is 25.0. The number of nitro benzene ring substituents is 1. The maximum Gasteiger partial charge on any atom is 0.407 e. The molecule has 3 aromatic carbocycles. The Hall–Kier alpha value is -3.80. The predicted octanol–water partition coefficient (Wildman–Crippen LogP) is 4.53. The van der Waals surface area contributed by atoms with Crippen LogP contribution in [-0.4, -0.2) is 54.1 Å². The number of alkyl carbamates (subject to hydrolysis) is 1. The first-order valence-corrected chi connectivity index (χ1v) is 14.4. The number of non-ortho nitro benzene ring substituents is 1. The zero-order valence-electron chi connectivity index (χ0n) is 22.5. The van der Waals surface area contributed by atoms with Crippen molar-refractivity contribution in [1.82, 2.24) is 9.62 Å². The van der Waals surface area contributed by atoms with Crippen molar-refractivity contribution in [3.8, 4) is 0 Å². The van der Waals surface area contributed by atoms with E-state index in [9.17, 15) is 28.4 Å². The Morgan fingerprint density at radius 3 is 2.10 bits per heavy atom. The summed E-state index contributed by atoms with van der Waals surface area (Å²) in [5.41, 5.74) is 1.41. The van der Waals surface area contributed by atoms with Crippen LogP contribution in [0.25, 0.3) is 0 Å². The lowest BCUT2D eigenvalue weighted by molar-refractivity contribution is -0.384. The lowest BCUT2D eigenvalue weighted by Crippen LogP contribution is -2.50. The Morgan fingerprint density at radius 1 is 0.975 bits per heavy atom. The van der Waals surface area contributed by atoms with Gasteiger partial charge in [-0.15, -0.1) is 0 Å². The topological polar surface area (TPSA) is 139 Å². The summed E-state index contributed by atoms with van der Waals surface area (Å²) < 4.78 is 33.6. The molecule has 0 radical (unpaired) electrons. The molecule has 0 aromatic heterocycles. The summed E-state index contributed by atoms with van der Waals surface area (Å²) in [6, 6.07) is 22.1. The number of carbonyl (C=O) groups excluding carboxylic acids is 1. The van der Waals surface area contributed by atoms with Crippen LogP contribution in [0.3, 0.4) is 0 Å². The summed E-state index contributed by atoms with van der Waals surface area (Å²) in [6.07, 6.45) is -1.27. The lowest BCUT2D eigenvalue weighted by atomic mass is 10.0. The highest BCUT2D eigenvalue weighted by molar-refractivity contribution is 7.89. The van der Waals surface area contributed by atoms with E-state index in [0.29, 0.717) is 6.42 Å². The molecule has 0 aliphatic rings. The average molecular weight is 570 g/mol. The van der Waals surface area contributed by atoms with E-state index in [1.807, 2.05) is 74.5 Å². The summed E-state index contributed by atoms with van der Waals surface area (Å²) >= 11 is 0. The first-order valence-electron chi connectivity index (χ1n) is 13.0. The second-order valence-electron chi connectivity index (χ2n) is 9.87. The minimum atomic E-state index is -4.11. The molecule has 11 heteroatoms. The van der Waals surface area contributed by atoms with Gasteiger partial charge < -0.3 is 15.2 Å². The van der Waals surface area contributed by atoms with E-state index in [-0.39, 0.29) is 42.6 Å². The van der Waals surface area contributed by atoms with Crippen LogP contribution < -0.4 is 5.32 Å². The largest absolute Gasteiger partial charge is 0.445 e. The van der Waals surface area contributed by atoms with Crippen molar-refractivity contribution in [1.29, 1.82) is 0 Å². The number of aliphatic hydroxyl groups is 1. The van der Waals surface area contributed by atoms with Gasteiger partial charge in [-0.1, -0.05) is 74.5 Å². The van der Waals surface area contributed by atoms with Crippen LogP contribution in [0, 0.1) is 16.0 Å². The van der Waals surface area contributed by atoms with Gasteiger partial charge in [0.25, 0.3) is 5.69 Å². The molecule has 214 valence electrons. The van der Waals surface area contributed by atoms with Crippen molar-refractivity contribution >= 4 is 21.8 Å². The van der Waals surface area contributed by atoms with Gasteiger partial charge in [-0.2, -0.15) is 4.31 Å². The lowest BCUT2D eigenvalue weighted by Gasteiger charge is -2.30. The van der Waals surface area contributed by atoms with Crippen LogP contribution in [0.15, 0.2) is 89.8 Å². The molecule has 0 saturated carbocycles. The highest BCUT2D eigenvalue weighted by Gasteiger charge is 2.31. The number of nitrogens with one attached hydrogen (secondary N) is 1. The number of nitrogens with zero attached hydrogens (tertiary/aromatic N) is 2. The molecule has 10 nitrogen and oxygen atoms in total. The van der Waals surface area contributed by atoms with Gasteiger partial charge in [-0.05, 0) is 42.0 Å². The van der Waals surface area contributed by atoms with E-state index in [1.54, 1.807) is 0 Å². The fraction of sp³-hybridized carbons (Fsp3) is 0.345. The van der Waals surface area contributed by atoms with Gasteiger partial charge in [0.1, 0.15) is 6.61 Å². The van der Waals surface area contributed by atoms with E-state index in [0.717, 1.165) is 27.6 Å². The molecular weight excluding hydrogens is 534 g/mol. The number of amides is 1. The van der Waals surface area contributed by atoms with Crippen molar-refractivity contribution in [3.63, 3.8) is 0 Å². The third kappa shape index (κ3) is 9.15. The Morgan fingerprint density at radius 2 is 1.55 bits per heavy atom. The normalized spacial score (nSPS) is 13.1. The quantitative estimate of drug-likeness (QED) is 0.215. The number of carbonyl (C=O) groups is 1. The number of hydrogen-bond acceptors (Lipinski definition) is 7. The fourth-order valence-electron chi connectivity index (χ4n) is 4.00. The van der Waals surface area contributed by atoms with E-state index in [4.69, 9.17) is 4.74 Å². The van der Waals surface area contributed by atoms with Crippen LogP contribution in [0.2, 0.25) is 0 Å². The maximum atomic E-state index is 13.6. The number of aliphatic hydroxyl groups excluding tert-OH is 1. The standard InChI is InChI=1S/C29H35N3O7S/c1-22(2)17-18-31(40(37,38)26-15-13-25(14-16-26)32(35)36)20-28(33)27(19-23-9-5-3-6-10-23)30-29(34)39-21-24-11-7-4-8-12-24/h3-16,22,27-28,33H,17-21H2,1-2H3,(H,30,34)/t27-,28+/m0/s1. The smallest absolute Gasteiger partial charge is 0.407 e. The second-order valence-corrected chi connectivity index (χ2v) is 11.8. The maximum absolute atomic E-state index is 13.6. The second kappa shape index (κ2) is 14.5. The fourth-order valence-corrected chi connectivity index (χ4v) is 5.48. The molecule has 0 saturated heterocycles. The van der Waals surface area contributed by atoms with Crippen molar-refractivity contribution < 1.29 is 28.0 Å². The van der Waals surface area contributed by atoms with Gasteiger partial charge in [0.15, 0.2) is 0 Å². The molecule has 0 fully saturated rings. The molecule has 2 N–H and O–H groups in total. The van der Waals surface area contributed by atoms with Crippen LogP contribution in [0.5, 0.6) is 0 Å². The third-order valence-corrected chi connectivity index (χ3v) is 8.19. The first-order chi connectivity index (χ1) is 19.1. The molecule has 0 aliphatic carbocycles. The van der Waals surface area contributed by atoms with Crippen molar-refractivity contribution in [2.45, 2.75) is 50.3 Å². The van der Waals surface area contributed by atoms with Gasteiger partial charge in [-0.25, -0.2) is 13.2 Å². The first kappa shape index (κ1) is 30.7. The molecule has 2 atom stereocenters. The number of benzene rings is 3. The van der Waals surface area contributed by atoms with Crippen LogP contribution >= 0.6 is 0 Å². The SMILES string of the molecule is CC(C)CCN(C[C@@H](O)[C@H](Cc1ccccc1)NC(=O)OCc1ccccc1)S(=O)(=O)c1ccc([N+](=O)[O-])cc1. The number of ether oxygens (including phenoxy) is 1. The van der Waals surface area contributed by atoms with Crippen molar-refractivity contribution in [2.75, 3.05) is 13.1 Å². The Balaban J connectivity index is 1.81. The number of rotatable bonds is 14. The molecule has 3 rings (SSSR count). The molecule has 1 amide bonds. The molecule has 0 heterocycles. The molecule has 0 aliphatic heterocycles. The van der Waals surface area contributed by atoms with Crippen molar-refractivity contribution in [2.24, 2.45) is 5.92 Å². The molecule has 0 bridgehead atoms. The number of sulfonamides is 1. The predicted molar refractivity (Wildman–Crippen MR) is 151 cm³/mol. The summed E-state index contributed by atoms with van der Waals surface area (Å²) in [5.74, 6) is 0.179. The Labute approximate surface area is 234 Å². The van der Waals surface area contributed by atoms with Gasteiger partial charge >= 0.3 is 6.09 Å². The minimum Gasteiger partial charge on any atom is -0.445 e.